The van der Waals surface area contributed by atoms with Crippen molar-refractivity contribution in [1.29, 1.82) is 0 Å². The van der Waals surface area contributed by atoms with Crippen molar-refractivity contribution in [2.45, 2.75) is 31.6 Å². The Morgan fingerprint density at radius 1 is 1.11 bits per heavy atom. The molecule has 1 saturated heterocycles. The van der Waals surface area contributed by atoms with Crippen LogP contribution in [0.2, 0.25) is 0 Å². The van der Waals surface area contributed by atoms with Crippen LogP contribution in [-0.4, -0.2) is 31.7 Å². The Bertz CT molecular complexity index is 893. The summed E-state index contributed by atoms with van der Waals surface area (Å²) in [5.74, 6) is -0.158. The van der Waals surface area contributed by atoms with Crippen LogP contribution in [0.25, 0.3) is 0 Å². The summed E-state index contributed by atoms with van der Waals surface area (Å²) >= 11 is 3.36. The SMILES string of the molecule is C[C@H](NC(=O)C1CCN(S(=O)(=O)Cc2ccc(Br)cc2)CC1)c1ccccc1. The van der Waals surface area contributed by atoms with Gasteiger partial charge in [-0.15, -0.1) is 0 Å². The molecule has 3 rings (SSSR count). The highest BCUT2D eigenvalue weighted by Crippen LogP contribution is 2.23. The lowest BCUT2D eigenvalue weighted by Gasteiger charge is -2.31. The second kappa shape index (κ2) is 9.20. The highest BCUT2D eigenvalue weighted by molar-refractivity contribution is 9.10. The monoisotopic (exact) mass is 464 g/mol. The van der Waals surface area contributed by atoms with Gasteiger partial charge in [0.05, 0.1) is 11.8 Å². The molecule has 7 heteroatoms. The largest absolute Gasteiger partial charge is 0.349 e. The number of hydrogen-bond donors (Lipinski definition) is 1. The molecule has 0 unspecified atom stereocenters. The lowest BCUT2D eigenvalue weighted by molar-refractivity contribution is -0.126. The molecule has 0 saturated carbocycles. The molecule has 1 aliphatic rings. The van der Waals surface area contributed by atoms with Gasteiger partial charge in [0, 0.05) is 23.5 Å². The van der Waals surface area contributed by atoms with E-state index < -0.39 is 10.0 Å². The molecule has 0 spiro atoms. The predicted octanol–water partition coefficient (Wildman–Crippen LogP) is 3.87. The predicted molar refractivity (Wildman–Crippen MR) is 114 cm³/mol. The van der Waals surface area contributed by atoms with E-state index in [1.807, 2.05) is 61.5 Å². The van der Waals surface area contributed by atoms with Crippen LogP contribution in [0.4, 0.5) is 0 Å². The maximum atomic E-state index is 12.7. The van der Waals surface area contributed by atoms with E-state index in [-0.39, 0.29) is 23.6 Å². The van der Waals surface area contributed by atoms with Gasteiger partial charge in [-0.05, 0) is 43.0 Å². The van der Waals surface area contributed by atoms with E-state index >= 15 is 0 Å². The number of carbonyl (C=O) groups is 1. The van der Waals surface area contributed by atoms with Crippen molar-refractivity contribution in [2.24, 2.45) is 5.92 Å². The first-order chi connectivity index (χ1) is 13.3. The number of rotatable bonds is 6. The second-order valence-electron chi connectivity index (χ2n) is 7.20. The molecule has 5 nitrogen and oxygen atoms in total. The molecule has 1 fully saturated rings. The Balaban J connectivity index is 1.53. The summed E-state index contributed by atoms with van der Waals surface area (Å²) in [6, 6.07) is 17.1. The smallest absolute Gasteiger partial charge is 0.223 e. The molecular weight excluding hydrogens is 440 g/mol. The number of nitrogens with one attached hydrogen (secondary N) is 1. The second-order valence-corrected chi connectivity index (χ2v) is 10.1. The molecule has 0 radical (unpaired) electrons. The third kappa shape index (κ3) is 5.43. The van der Waals surface area contributed by atoms with Crippen molar-refractivity contribution in [3.63, 3.8) is 0 Å². The molecule has 1 aliphatic heterocycles. The van der Waals surface area contributed by atoms with E-state index in [0.717, 1.165) is 15.6 Å². The van der Waals surface area contributed by atoms with Crippen LogP contribution < -0.4 is 5.32 Å². The van der Waals surface area contributed by atoms with Gasteiger partial charge in [-0.1, -0.05) is 58.4 Å². The zero-order valence-electron chi connectivity index (χ0n) is 15.8. The van der Waals surface area contributed by atoms with Crippen LogP contribution in [0.5, 0.6) is 0 Å². The van der Waals surface area contributed by atoms with E-state index in [9.17, 15) is 13.2 Å². The normalized spacial score (nSPS) is 17.2. The molecule has 0 aromatic heterocycles. The van der Waals surface area contributed by atoms with Gasteiger partial charge in [-0.2, -0.15) is 0 Å². The number of carbonyl (C=O) groups excluding carboxylic acids is 1. The van der Waals surface area contributed by atoms with Crippen molar-refractivity contribution >= 4 is 31.9 Å². The first-order valence-corrected chi connectivity index (χ1v) is 11.8. The molecule has 0 aliphatic carbocycles. The molecule has 1 atom stereocenters. The first kappa shape index (κ1) is 21.0. The lowest BCUT2D eigenvalue weighted by Crippen LogP contribution is -2.43. The fraction of sp³-hybridized carbons (Fsp3) is 0.381. The van der Waals surface area contributed by atoms with Crippen molar-refractivity contribution in [3.8, 4) is 0 Å². The lowest BCUT2D eigenvalue weighted by atomic mass is 9.96. The highest BCUT2D eigenvalue weighted by Gasteiger charge is 2.31. The molecule has 2 aromatic carbocycles. The van der Waals surface area contributed by atoms with Crippen LogP contribution in [0, 0.1) is 5.92 Å². The Kier molecular flexibility index (Phi) is 6.91. The molecule has 1 amide bonds. The van der Waals surface area contributed by atoms with Gasteiger partial charge >= 0.3 is 0 Å². The molecule has 0 bridgehead atoms. The maximum Gasteiger partial charge on any atom is 0.223 e. The standard InChI is InChI=1S/C21H25BrN2O3S/c1-16(18-5-3-2-4-6-18)23-21(25)19-11-13-24(14-12-19)28(26,27)15-17-7-9-20(22)10-8-17/h2-10,16,19H,11-15H2,1H3,(H,23,25)/t16-/m0/s1. The maximum absolute atomic E-state index is 12.7. The van der Waals surface area contributed by atoms with Crippen molar-refractivity contribution in [1.82, 2.24) is 9.62 Å². The summed E-state index contributed by atoms with van der Waals surface area (Å²) in [6.45, 7) is 2.73. The zero-order valence-corrected chi connectivity index (χ0v) is 18.2. The number of amides is 1. The summed E-state index contributed by atoms with van der Waals surface area (Å²) in [5.41, 5.74) is 1.82. The van der Waals surface area contributed by atoms with Crippen molar-refractivity contribution < 1.29 is 13.2 Å². The summed E-state index contributed by atoms with van der Waals surface area (Å²) in [7, 11) is -3.38. The van der Waals surface area contributed by atoms with E-state index in [4.69, 9.17) is 0 Å². The summed E-state index contributed by atoms with van der Waals surface area (Å²) in [6.07, 6.45) is 1.10. The molecule has 150 valence electrons. The van der Waals surface area contributed by atoms with Gasteiger partial charge in [0.25, 0.3) is 0 Å². The van der Waals surface area contributed by atoms with E-state index in [1.165, 1.54) is 4.31 Å². The number of hydrogen-bond acceptors (Lipinski definition) is 3. The fourth-order valence-electron chi connectivity index (χ4n) is 3.43. The summed E-state index contributed by atoms with van der Waals surface area (Å²) < 4.78 is 27.8. The van der Waals surface area contributed by atoms with Crippen LogP contribution >= 0.6 is 15.9 Å². The summed E-state index contributed by atoms with van der Waals surface area (Å²) in [5, 5.41) is 3.05. The summed E-state index contributed by atoms with van der Waals surface area (Å²) in [4.78, 5) is 12.6. The topological polar surface area (TPSA) is 66.5 Å². The van der Waals surface area contributed by atoms with E-state index in [2.05, 4.69) is 21.2 Å². The van der Waals surface area contributed by atoms with Gasteiger partial charge < -0.3 is 5.32 Å². The minimum absolute atomic E-state index is 0.00121. The third-order valence-electron chi connectivity index (χ3n) is 5.14. The number of benzene rings is 2. The van der Waals surface area contributed by atoms with Crippen molar-refractivity contribution in [3.05, 3.63) is 70.2 Å². The van der Waals surface area contributed by atoms with Gasteiger partial charge in [0.15, 0.2) is 0 Å². The molecular formula is C21H25BrN2O3S. The van der Waals surface area contributed by atoms with Gasteiger partial charge in [-0.3, -0.25) is 4.79 Å². The first-order valence-electron chi connectivity index (χ1n) is 9.43. The van der Waals surface area contributed by atoms with Gasteiger partial charge in [-0.25, -0.2) is 12.7 Å². The number of piperidine rings is 1. The highest BCUT2D eigenvalue weighted by atomic mass is 79.9. The molecule has 1 heterocycles. The Morgan fingerprint density at radius 2 is 1.71 bits per heavy atom. The Morgan fingerprint density at radius 3 is 2.32 bits per heavy atom. The minimum Gasteiger partial charge on any atom is -0.349 e. The Hall–Kier alpha value is -1.70. The number of sulfonamides is 1. The minimum atomic E-state index is -3.38. The van der Waals surface area contributed by atoms with Crippen molar-refractivity contribution in [2.75, 3.05) is 13.1 Å². The van der Waals surface area contributed by atoms with E-state index in [1.54, 1.807) is 0 Å². The Labute approximate surface area is 175 Å². The van der Waals surface area contributed by atoms with Crippen LogP contribution in [0.15, 0.2) is 59.1 Å². The average molecular weight is 465 g/mol. The molecule has 1 N–H and O–H groups in total. The third-order valence-corrected chi connectivity index (χ3v) is 7.52. The fourth-order valence-corrected chi connectivity index (χ4v) is 5.26. The molecule has 28 heavy (non-hydrogen) atoms. The van der Waals surface area contributed by atoms with Crippen LogP contribution in [-0.2, 0) is 20.6 Å². The van der Waals surface area contributed by atoms with Gasteiger partial charge in [0.1, 0.15) is 0 Å². The zero-order chi connectivity index (χ0) is 20.1. The quantitative estimate of drug-likeness (QED) is 0.705. The van der Waals surface area contributed by atoms with Gasteiger partial charge in [0.2, 0.25) is 15.9 Å². The van der Waals surface area contributed by atoms with Crippen LogP contribution in [0.1, 0.15) is 36.9 Å². The van der Waals surface area contributed by atoms with E-state index in [0.29, 0.717) is 25.9 Å². The van der Waals surface area contributed by atoms with Crippen LogP contribution in [0.3, 0.4) is 0 Å². The average Bonchev–Trinajstić information content (AvgIpc) is 2.70. The molecule has 2 aromatic rings. The number of halogens is 1. The number of nitrogens with zero attached hydrogens (tertiary/aromatic N) is 1.